The molecule has 2 heteroatoms. The molecule has 1 atom stereocenters. The summed E-state index contributed by atoms with van der Waals surface area (Å²) in [6, 6.07) is 0.536. The van der Waals surface area contributed by atoms with Crippen LogP contribution in [0.3, 0.4) is 0 Å². The van der Waals surface area contributed by atoms with Crippen molar-refractivity contribution < 1.29 is 5.11 Å². The molecule has 0 aromatic rings. The standard InChI is InChI=1S/C8H16O.C6H13N/c1-3-7(2)6-8(9)4-5-8;7-6-4-2-1-3-5-6/h7,9H,3-6H2,1-2H3;6H,1-5,7H2. The number of hydrogen-bond acceptors (Lipinski definition) is 2. The molecule has 96 valence electrons. The maximum absolute atomic E-state index is 9.43. The second-order valence-electron chi connectivity index (χ2n) is 5.84. The Labute approximate surface area is 101 Å². The van der Waals surface area contributed by atoms with Gasteiger partial charge in [0.05, 0.1) is 5.60 Å². The molecule has 1 unspecified atom stereocenters. The first kappa shape index (κ1) is 14.0. The van der Waals surface area contributed by atoms with E-state index in [1.807, 2.05) is 0 Å². The van der Waals surface area contributed by atoms with Crippen LogP contribution in [0.5, 0.6) is 0 Å². The molecule has 2 fully saturated rings. The predicted molar refractivity (Wildman–Crippen MR) is 69.3 cm³/mol. The van der Waals surface area contributed by atoms with Crippen molar-refractivity contribution in [2.24, 2.45) is 11.7 Å². The lowest BCUT2D eigenvalue weighted by molar-refractivity contribution is 0.120. The lowest BCUT2D eigenvalue weighted by atomic mass is 9.97. The van der Waals surface area contributed by atoms with Gasteiger partial charge in [0.2, 0.25) is 0 Å². The highest BCUT2D eigenvalue weighted by molar-refractivity contribution is 4.93. The molecule has 0 radical (unpaired) electrons. The molecule has 0 aromatic heterocycles. The topological polar surface area (TPSA) is 46.2 Å². The van der Waals surface area contributed by atoms with Crippen molar-refractivity contribution in [1.82, 2.24) is 0 Å². The zero-order valence-electron chi connectivity index (χ0n) is 11.0. The first-order chi connectivity index (χ1) is 7.56. The number of nitrogens with two attached hydrogens (primary N) is 1. The molecule has 2 saturated carbocycles. The first-order valence-corrected chi connectivity index (χ1v) is 7.04. The Bertz CT molecular complexity index is 183. The van der Waals surface area contributed by atoms with Crippen LogP contribution in [0.25, 0.3) is 0 Å². The molecule has 16 heavy (non-hydrogen) atoms. The Morgan fingerprint density at radius 2 is 1.81 bits per heavy atom. The Morgan fingerprint density at radius 1 is 1.25 bits per heavy atom. The van der Waals surface area contributed by atoms with Gasteiger partial charge in [-0.25, -0.2) is 0 Å². The third-order valence-corrected chi connectivity index (χ3v) is 3.90. The monoisotopic (exact) mass is 227 g/mol. The van der Waals surface area contributed by atoms with E-state index in [1.165, 1.54) is 38.5 Å². The second-order valence-corrected chi connectivity index (χ2v) is 5.84. The van der Waals surface area contributed by atoms with E-state index < -0.39 is 0 Å². The van der Waals surface area contributed by atoms with Crippen LogP contribution in [0.2, 0.25) is 0 Å². The third-order valence-electron chi connectivity index (χ3n) is 3.90. The van der Waals surface area contributed by atoms with E-state index >= 15 is 0 Å². The summed E-state index contributed by atoms with van der Waals surface area (Å²) in [5.74, 6) is 0.706. The van der Waals surface area contributed by atoms with E-state index in [9.17, 15) is 5.11 Å². The van der Waals surface area contributed by atoms with E-state index in [1.54, 1.807) is 0 Å². The summed E-state index contributed by atoms with van der Waals surface area (Å²) in [6.45, 7) is 4.38. The van der Waals surface area contributed by atoms with Gasteiger partial charge in [-0.15, -0.1) is 0 Å². The van der Waals surface area contributed by atoms with Gasteiger partial charge >= 0.3 is 0 Å². The van der Waals surface area contributed by atoms with Gasteiger partial charge in [0.25, 0.3) is 0 Å². The summed E-state index contributed by atoms with van der Waals surface area (Å²) in [5, 5.41) is 9.43. The average molecular weight is 227 g/mol. The van der Waals surface area contributed by atoms with Crippen molar-refractivity contribution in [2.75, 3.05) is 0 Å². The SMILES string of the molecule is CCC(C)CC1(O)CC1.NC1CCCCC1. The molecular weight excluding hydrogens is 198 g/mol. The molecule has 3 N–H and O–H groups in total. The number of hydrogen-bond donors (Lipinski definition) is 2. The minimum atomic E-state index is -0.227. The molecule has 2 nitrogen and oxygen atoms in total. The first-order valence-electron chi connectivity index (χ1n) is 7.04. The lowest BCUT2D eigenvalue weighted by Crippen LogP contribution is -2.22. The molecule has 2 aliphatic rings. The zero-order chi connectivity index (χ0) is 12.0. The van der Waals surface area contributed by atoms with Crippen LogP contribution in [0.15, 0.2) is 0 Å². The molecule has 0 heterocycles. The molecule has 0 aliphatic heterocycles. The second kappa shape index (κ2) is 6.61. The Kier molecular flexibility index (Phi) is 5.77. The highest BCUT2D eigenvalue weighted by Gasteiger charge is 2.40. The van der Waals surface area contributed by atoms with Crippen LogP contribution in [-0.4, -0.2) is 16.7 Å². The lowest BCUT2D eigenvalue weighted by Gasteiger charge is -2.15. The van der Waals surface area contributed by atoms with Crippen molar-refractivity contribution in [3.8, 4) is 0 Å². The normalized spacial score (nSPS) is 25.5. The van der Waals surface area contributed by atoms with Crippen molar-refractivity contribution in [1.29, 1.82) is 0 Å². The molecule has 0 spiro atoms. The Balaban J connectivity index is 0.000000165. The van der Waals surface area contributed by atoms with E-state index in [0.29, 0.717) is 12.0 Å². The summed E-state index contributed by atoms with van der Waals surface area (Å²) in [5.41, 5.74) is 5.41. The van der Waals surface area contributed by atoms with Crippen LogP contribution in [-0.2, 0) is 0 Å². The minimum Gasteiger partial charge on any atom is -0.390 e. The van der Waals surface area contributed by atoms with Gasteiger partial charge in [0, 0.05) is 6.04 Å². The summed E-state index contributed by atoms with van der Waals surface area (Å²) < 4.78 is 0. The Morgan fingerprint density at radius 3 is 2.12 bits per heavy atom. The Hall–Kier alpha value is -0.0800. The number of rotatable bonds is 3. The third kappa shape index (κ3) is 5.86. The molecule has 0 bridgehead atoms. The van der Waals surface area contributed by atoms with Gasteiger partial charge in [-0.05, 0) is 38.0 Å². The molecule has 0 amide bonds. The average Bonchev–Trinajstić information content (AvgIpc) is 2.98. The summed E-state index contributed by atoms with van der Waals surface area (Å²) in [6.07, 6.45) is 11.0. The van der Waals surface area contributed by atoms with Crippen LogP contribution < -0.4 is 5.73 Å². The van der Waals surface area contributed by atoms with Crippen LogP contribution in [0, 0.1) is 5.92 Å². The fraction of sp³-hybridized carbons (Fsp3) is 1.00. The number of aliphatic hydroxyl groups is 1. The molecule has 0 saturated heterocycles. The van der Waals surface area contributed by atoms with Gasteiger partial charge < -0.3 is 10.8 Å². The summed E-state index contributed by atoms with van der Waals surface area (Å²) in [7, 11) is 0. The van der Waals surface area contributed by atoms with Crippen molar-refractivity contribution in [3.05, 3.63) is 0 Å². The largest absolute Gasteiger partial charge is 0.390 e. The van der Waals surface area contributed by atoms with Crippen LogP contribution >= 0.6 is 0 Å². The fourth-order valence-corrected chi connectivity index (χ4v) is 2.28. The minimum absolute atomic E-state index is 0.227. The fourth-order valence-electron chi connectivity index (χ4n) is 2.28. The van der Waals surface area contributed by atoms with E-state index in [2.05, 4.69) is 13.8 Å². The zero-order valence-corrected chi connectivity index (χ0v) is 11.0. The molecule has 2 rings (SSSR count). The molecular formula is C14H29NO. The van der Waals surface area contributed by atoms with Crippen LogP contribution in [0.4, 0.5) is 0 Å². The predicted octanol–water partition coefficient (Wildman–Crippen LogP) is 3.23. The van der Waals surface area contributed by atoms with Gasteiger partial charge in [-0.3, -0.25) is 0 Å². The van der Waals surface area contributed by atoms with Gasteiger partial charge in [-0.2, -0.15) is 0 Å². The molecule has 2 aliphatic carbocycles. The smallest absolute Gasteiger partial charge is 0.0652 e. The van der Waals surface area contributed by atoms with Crippen molar-refractivity contribution in [2.45, 2.75) is 83.3 Å². The van der Waals surface area contributed by atoms with E-state index in [0.717, 1.165) is 19.3 Å². The quantitative estimate of drug-likeness (QED) is 0.777. The summed E-state index contributed by atoms with van der Waals surface area (Å²) >= 11 is 0. The van der Waals surface area contributed by atoms with Crippen molar-refractivity contribution in [3.63, 3.8) is 0 Å². The maximum atomic E-state index is 9.43. The van der Waals surface area contributed by atoms with Crippen LogP contribution in [0.1, 0.15) is 71.6 Å². The van der Waals surface area contributed by atoms with Gasteiger partial charge in [0.15, 0.2) is 0 Å². The highest BCUT2D eigenvalue weighted by Crippen LogP contribution is 2.41. The highest BCUT2D eigenvalue weighted by atomic mass is 16.3. The van der Waals surface area contributed by atoms with E-state index in [-0.39, 0.29) is 5.60 Å². The summed E-state index contributed by atoms with van der Waals surface area (Å²) in [4.78, 5) is 0. The van der Waals surface area contributed by atoms with Gasteiger partial charge in [0.1, 0.15) is 0 Å². The van der Waals surface area contributed by atoms with Crippen molar-refractivity contribution >= 4 is 0 Å². The maximum Gasteiger partial charge on any atom is 0.0652 e. The van der Waals surface area contributed by atoms with Gasteiger partial charge in [-0.1, -0.05) is 39.5 Å². The van der Waals surface area contributed by atoms with E-state index in [4.69, 9.17) is 5.73 Å². The molecule has 0 aromatic carbocycles.